The SMILES string of the molecule is CCOC1(c2noc(-c3ccc(C#N)cc3)n2)CCCC1. The van der Waals surface area contributed by atoms with Crippen LogP contribution in [0.1, 0.15) is 44.0 Å². The van der Waals surface area contributed by atoms with E-state index in [9.17, 15) is 0 Å². The van der Waals surface area contributed by atoms with Gasteiger partial charge in [0.15, 0.2) is 0 Å². The summed E-state index contributed by atoms with van der Waals surface area (Å²) in [5.41, 5.74) is 1.04. The molecule has 0 atom stereocenters. The van der Waals surface area contributed by atoms with Crippen LogP contribution in [0.3, 0.4) is 0 Å². The maximum atomic E-state index is 8.82. The number of hydrogen-bond acceptors (Lipinski definition) is 5. The van der Waals surface area contributed by atoms with Crippen molar-refractivity contribution >= 4 is 0 Å². The van der Waals surface area contributed by atoms with Crippen molar-refractivity contribution in [1.29, 1.82) is 5.26 Å². The molecule has 2 aromatic rings. The van der Waals surface area contributed by atoms with Crippen LogP contribution in [0.25, 0.3) is 11.5 Å². The van der Waals surface area contributed by atoms with E-state index in [4.69, 9.17) is 14.5 Å². The molecular formula is C16H17N3O2. The lowest BCUT2D eigenvalue weighted by Crippen LogP contribution is -2.27. The quantitative estimate of drug-likeness (QED) is 0.859. The molecule has 1 aromatic heterocycles. The van der Waals surface area contributed by atoms with Crippen molar-refractivity contribution in [3.8, 4) is 17.5 Å². The summed E-state index contributed by atoms with van der Waals surface area (Å²) in [4.78, 5) is 4.52. The Morgan fingerprint density at radius 1 is 1.29 bits per heavy atom. The van der Waals surface area contributed by atoms with Crippen LogP contribution in [0.5, 0.6) is 0 Å². The van der Waals surface area contributed by atoms with Crippen LogP contribution in [-0.2, 0) is 10.3 Å². The lowest BCUT2D eigenvalue weighted by Gasteiger charge is -2.24. The number of hydrogen-bond donors (Lipinski definition) is 0. The number of nitriles is 1. The minimum Gasteiger partial charge on any atom is -0.367 e. The topological polar surface area (TPSA) is 71.9 Å². The maximum absolute atomic E-state index is 8.82. The van der Waals surface area contributed by atoms with E-state index in [1.807, 2.05) is 19.1 Å². The average Bonchev–Trinajstić information content (AvgIpc) is 3.17. The van der Waals surface area contributed by atoms with Crippen LogP contribution in [0, 0.1) is 11.3 Å². The second kappa shape index (κ2) is 5.66. The normalized spacial score (nSPS) is 16.8. The number of nitrogens with zero attached hydrogens (tertiary/aromatic N) is 3. The van der Waals surface area contributed by atoms with E-state index < -0.39 is 0 Å². The summed E-state index contributed by atoms with van der Waals surface area (Å²) in [6.45, 7) is 2.63. The van der Waals surface area contributed by atoms with Gasteiger partial charge in [0.2, 0.25) is 5.82 Å². The Kier molecular flexibility index (Phi) is 3.72. The molecule has 1 aliphatic carbocycles. The van der Waals surface area contributed by atoms with E-state index in [0.717, 1.165) is 31.2 Å². The summed E-state index contributed by atoms with van der Waals surface area (Å²) in [5, 5.41) is 13.0. The molecular weight excluding hydrogens is 266 g/mol. The minimum absolute atomic E-state index is 0.386. The standard InChI is InChI=1S/C16H17N3O2/c1-2-20-16(9-3-4-10-16)15-18-14(21-19-15)13-7-5-12(11-17)6-8-13/h5-8H,2-4,9-10H2,1H3. The highest BCUT2D eigenvalue weighted by molar-refractivity contribution is 5.54. The van der Waals surface area contributed by atoms with Crippen LogP contribution in [-0.4, -0.2) is 16.7 Å². The third-order valence-electron chi connectivity index (χ3n) is 3.93. The van der Waals surface area contributed by atoms with E-state index in [2.05, 4.69) is 16.2 Å². The fourth-order valence-electron chi connectivity index (χ4n) is 2.87. The van der Waals surface area contributed by atoms with Crippen LogP contribution < -0.4 is 0 Å². The molecule has 0 unspecified atom stereocenters. The van der Waals surface area contributed by atoms with E-state index >= 15 is 0 Å². The van der Waals surface area contributed by atoms with Gasteiger partial charge in [-0.1, -0.05) is 5.16 Å². The van der Waals surface area contributed by atoms with Gasteiger partial charge >= 0.3 is 0 Å². The van der Waals surface area contributed by atoms with E-state index in [1.165, 1.54) is 0 Å². The van der Waals surface area contributed by atoms with Crippen LogP contribution in [0.15, 0.2) is 28.8 Å². The van der Waals surface area contributed by atoms with E-state index in [1.54, 1.807) is 12.1 Å². The van der Waals surface area contributed by atoms with Gasteiger partial charge in [0.1, 0.15) is 5.60 Å². The Bertz CT molecular complexity index is 649. The predicted molar refractivity (Wildman–Crippen MR) is 76.2 cm³/mol. The molecule has 0 saturated heterocycles. The molecule has 21 heavy (non-hydrogen) atoms. The van der Waals surface area contributed by atoms with Crippen molar-refractivity contribution in [2.24, 2.45) is 0 Å². The molecule has 3 rings (SSSR count). The lowest BCUT2D eigenvalue weighted by molar-refractivity contribution is -0.0469. The first kappa shape index (κ1) is 13.8. The first-order chi connectivity index (χ1) is 10.3. The summed E-state index contributed by atoms with van der Waals surface area (Å²) in [6, 6.07) is 9.21. The summed E-state index contributed by atoms with van der Waals surface area (Å²) < 4.78 is 11.3. The molecule has 1 heterocycles. The molecule has 0 radical (unpaired) electrons. The fraction of sp³-hybridized carbons (Fsp3) is 0.438. The summed E-state index contributed by atoms with van der Waals surface area (Å²) in [7, 11) is 0. The summed E-state index contributed by atoms with van der Waals surface area (Å²) in [5.74, 6) is 1.11. The van der Waals surface area contributed by atoms with Gasteiger partial charge in [-0.2, -0.15) is 10.2 Å². The van der Waals surface area contributed by atoms with Gasteiger partial charge in [0.25, 0.3) is 5.89 Å². The van der Waals surface area contributed by atoms with Gasteiger partial charge in [-0.15, -0.1) is 0 Å². The monoisotopic (exact) mass is 283 g/mol. The lowest BCUT2D eigenvalue weighted by atomic mass is 10.0. The Labute approximate surface area is 123 Å². The highest BCUT2D eigenvalue weighted by atomic mass is 16.5. The summed E-state index contributed by atoms with van der Waals surface area (Å²) >= 11 is 0. The van der Waals surface area contributed by atoms with Crippen LogP contribution in [0.2, 0.25) is 0 Å². The maximum Gasteiger partial charge on any atom is 0.258 e. The molecule has 1 saturated carbocycles. The first-order valence-electron chi connectivity index (χ1n) is 7.26. The second-order valence-electron chi connectivity index (χ2n) is 5.25. The summed E-state index contributed by atoms with van der Waals surface area (Å²) in [6.07, 6.45) is 4.13. The molecule has 0 amide bonds. The molecule has 1 aromatic carbocycles. The van der Waals surface area contributed by atoms with Gasteiger partial charge in [0, 0.05) is 12.2 Å². The zero-order chi connectivity index (χ0) is 14.7. The fourth-order valence-corrected chi connectivity index (χ4v) is 2.87. The third-order valence-corrected chi connectivity index (χ3v) is 3.93. The van der Waals surface area contributed by atoms with Gasteiger partial charge in [0.05, 0.1) is 11.6 Å². The molecule has 1 aliphatic rings. The number of ether oxygens (including phenoxy) is 1. The Morgan fingerprint density at radius 3 is 2.62 bits per heavy atom. The number of aromatic nitrogens is 2. The Morgan fingerprint density at radius 2 is 2.00 bits per heavy atom. The van der Waals surface area contributed by atoms with E-state index in [-0.39, 0.29) is 5.60 Å². The Hall–Kier alpha value is -2.19. The number of benzene rings is 1. The zero-order valence-electron chi connectivity index (χ0n) is 12.0. The molecule has 5 nitrogen and oxygen atoms in total. The Balaban J connectivity index is 1.90. The van der Waals surface area contributed by atoms with Crippen molar-refractivity contribution in [3.63, 3.8) is 0 Å². The second-order valence-corrected chi connectivity index (χ2v) is 5.25. The molecule has 0 N–H and O–H groups in total. The first-order valence-corrected chi connectivity index (χ1v) is 7.26. The zero-order valence-corrected chi connectivity index (χ0v) is 12.0. The molecule has 0 bridgehead atoms. The minimum atomic E-state index is -0.386. The van der Waals surface area contributed by atoms with Crippen molar-refractivity contribution in [2.75, 3.05) is 6.61 Å². The van der Waals surface area contributed by atoms with Gasteiger partial charge in [-0.3, -0.25) is 0 Å². The van der Waals surface area contributed by atoms with Crippen molar-refractivity contribution in [3.05, 3.63) is 35.7 Å². The highest BCUT2D eigenvalue weighted by Crippen LogP contribution is 2.41. The van der Waals surface area contributed by atoms with E-state index in [0.29, 0.717) is 23.9 Å². The largest absolute Gasteiger partial charge is 0.367 e. The average molecular weight is 283 g/mol. The molecule has 5 heteroatoms. The van der Waals surface area contributed by atoms with Gasteiger partial charge in [-0.05, 0) is 56.9 Å². The molecule has 0 spiro atoms. The molecule has 1 fully saturated rings. The van der Waals surface area contributed by atoms with Gasteiger partial charge in [-0.25, -0.2) is 0 Å². The third kappa shape index (κ3) is 2.55. The van der Waals surface area contributed by atoms with Crippen LogP contribution >= 0.6 is 0 Å². The van der Waals surface area contributed by atoms with Crippen molar-refractivity contribution < 1.29 is 9.26 Å². The molecule has 0 aliphatic heterocycles. The van der Waals surface area contributed by atoms with Crippen LogP contribution in [0.4, 0.5) is 0 Å². The van der Waals surface area contributed by atoms with Crippen molar-refractivity contribution in [1.82, 2.24) is 10.1 Å². The van der Waals surface area contributed by atoms with Gasteiger partial charge < -0.3 is 9.26 Å². The number of rotatable bonds is 4. The van der Waals surface area contributed by atoms with Crippen molar-refractivity contribution in [2.45, 2.75) is 38.2 Å². The predicted octanol–water partition coefficient (Wildman–Crippen LogP) is 3.41. The smallest absolute Gasteiger partial charge is 0.258 e. The highest BCUT2D eigenvalue weighted by Gasteiger charge is 2.40. The molecule has 108 valence electrons.